The molecule has 1 aromatic carbocycles. The Kier molecular flexibility index (Phi) is 3.45. The van der Waals surface area contributed by atoms with Crippen LogP contribution in [-0.2, 0) is 6.54 Å². The number of halogens is 2. The summed E-state index contributed by atoms with van der Waals surface area (Å²) in [6, 6.07) is 8.39. The maximum absolute atomic E-state index is 13.3. The van der Waals surface area contributed by atoms with Crippen molar-refractivity contribution in [3.63, 3.8) is 0 Å². The fourth-order valence-corrected chi connectivity index (χ4v) is 1.91. The Morgan fingerprint density at radius 3 is 2.82 bits per heavy atom. The predicted molar refractivity (Wildman–Crippen MR) is 70.8 cm³/mol. The lowest BCUT2D eigenvalue weighted by Crippen LogP contribution is -2.15. The van der Waals surface area contributed by atoms with Crippen LogP contribution < -0.4 is 5.73 Å². The van der Waals surface area contributed by atoms with Crippen LogP contribution in [0.1, 0.15) is 11.3 Å². The van der Waals surface area contributed by atoms with Crippen LogP contribution in [-0.4, -0.2) is 9.56 Å². The minimum Gasteiger partial charge on any atom is -0.388 e. The molecule has 2 aromatic rings. The second-order valence-corrected chi connectivity index (χ2v) is 4.48. The Morgan fingerprint density at radius 1 is 1.41 bits per heavy atom. The first-order valence-corrected chi connectivity index (χ1v) is 5.75. The SMILES string of the molecule is NC(=S)c1cccn1Cc1ccc(Cl)c(F)c1. The van der Waals surface area contributed by atoms with Crippen LogP contribution in [0.5, 0.6) is 0 Å². The van der Waals surface area contributed by atoms with Crippen molar-refractivity contribution in [3.05, 3.63) is 58.6 Å². The third-order valence-electron chi connectivity index (χ3n) is 2.42. The molecule has 0 atom stereocenters. The Bertz CT molecular complexity index is 565. The van der Waals surface area contributed by atoms with Gasteiger partial charge in [0.25, 0.3) is 0 Å². The molecule has 0 amide bonds. The van der Waals surface area contributed by atoms with Gasteiger partial charge in [0, 0.05) is 12.7 Å². The summed E-state index contributed by atoms with van der Waals surface area (Å²) < 4.78 is 15.1. The van der Waals surface area contributed by atoms with Crippen LogP contribution in [0.25, 0.3) is 0 Å². The van der Waals surface area contributed by atoms with Gasteiger partial charge in [0.15, 0.2) is 0 Å². The third kappa shape index (κ3) is 2.65. The Morgan fingerprint density at radius 2 is 2.18 bits per heavy atom. The van der Waals surface area contributed by atoms with Crippen molar-refractivity contribution in [2.24, 2.45) is 5.73 Å². The lowest BCUT2D eigenvalue weighted by molar-refractivity contribution is 0.624. The number of rotatable bonds is 3. The Hall–Kier alpha value is -1.39. The largest absolute Gasteiger partial charge is 0.388 e. The monoisotopic (exact) mass is 268 g/mol. The van der Waals surface area contributed by atoms with Crippen molar-refractivity contribution in [3.8, 4) is 0 Å². The van der Waals surface area contributed by atoms with Gasteiger partial charge in [-0.2, -0.15) is 0 Å². The first-order chi connectivity index (χ1) is 8.08. The maximum atomic E-state index is 13.3. The van der Waals surface area contributed by atoms with Crippen molar-refractivity contribution in [2.45, 2.75) is 6.54 Å². The zero-order valence-electron chi connectivity index (χ0n) is 8.86. The van der Waals surface area contributed by atoms with Crippen LogP contribution in [0.2, 0.25) is 5.02 Å². The van der Waals surface area contributed by atoms with Gasteiger partial charge in [-0.1, -0.05) is 29.9 Å². The maximum Gasteiger partial charge on any atom is 0.142 e. The van der Waals surface area contributed by atoms with Crippen molar-refractivity contribution in [1.29, 1.82) is 0 Å². The van der Waals surface area contributed by atoms with Gasteiger partial charge in [0.2, 0.25) is 0 Å². The molecule has 0 bridgehead atoms. The zero-order chi connectivity index (χ0) is 12.4. The first kappa shape index (κ1) is 12.1. The number of hydrogen-bond acceptors (Lipinski definition) is 1. The van der Waals surface area contributed by atoms with Crippen LogP contribution in [0.15, 0.2) is 36.5 Å². The van der Waals surface area contributed by atoms with E-state index in [4.69, 9.17) is 29.6 Å². The summed E-state index contributed by atoms with van der Waals surface area (Å²) >= 11 is 10.5. The fourth-order valence-electron chi connectivity index (χ4n) is 1.61. The molecule has 0 aliphatic rings. The molecule has 17 heavy (non-hydrogen) atoms. The van der Waals surface area contributed by atoms with E-state index in [1.54, 1.807) is 6.07 Å². The van der Waals surface area contributed by atoms with Gasteiger partial charge >= 0.3 is 0 Å². The molecule has 0 aliphatic heterocycles. The molecule has 0 saturated carbocycles. The summed E-state index contributed by atoms with van der Waals surface area (Å²) in [5.74, 6) is -0.423. The van der Waals surface area contributed by atoms with Crippen LogP contribution >= 0.6 is 23.8 Å². The summed E-state index contributed by atoms with van der Waals surface area (Å²) in [7, 11) is 0. The number of nitrogens with two attached hydrogens (primary N) is 1. The molecule has 0 unspecified atom stereocenters. The number of nitrogens with zero attached hydrogens (tertiary/aromatic N) is 1. The van der Waals surface area contributed by atoms with Gasteiger partial charge < -0.3 is 10.3 Å². The smallest absolute Gasteiger partial charge is 0.142 e. The summed E-state index contributed by atoms with van der Waals surface area (Å²) in [5.41, 5.74) is 7.15. The van der Waals surface area contributed by atoms with Gasteiger partial charge in [-0.05, 0) is 29.8 Å². The lowest BCUT2D eigenvalue weighted by atomic mass is 10.2. The molecule has 0 saturated heterocycles. The molecule has 0 fully saturated rings. The average molecular weight is 269 g/mol. The minimum absolute atomic E-state index is 0.121. The highest BCUT2D eigenvalue weighted by atomic mass is 35.5. The van der Waals surface area contributed by atoms with E-state index in [0.29, 0.717) is 11.5 Å². The molecule has 5 heteroatoms. The summed E-state index contributed by atoms with van der Waals surface area (Å²) in [6.07, 6.45) is 1.85. The van der Waals surface area contributed by atoms with Crippen molar-refractivity contribution >= 4 is 28.8 Å². The summed E-state index contributed by atoms with van der Waals surface area (Å²) in [4.78, 5) is 0.324. The van der Waals surface area contributed by atoms with E-state index in [1.165, 1.54) is 12.1 Å². The predicted octanol–water partition coefficient (Wildman–Crippen LogP) is 2.96. The minimum atomic E-state index is -0.423. The highest BCUT2D eigenvalue weighted by Gasteiger charge is 2.06. The number of thiocarbonyl (C=S) groups is 1. The quantitative estimate of drug-likeness (QED) is 0.868. The molecule has 0 radical (unpaired) electrons. The van der Waals surface area contributed by atoms with Gasteiger partial charge in [-0.3, -0.25) is 0 Å². The van der Waals surface area contributed by atoms with E-state index in [0.717, 1.165) is 11.3 Å². The van der Waals surface area contributed by atoms with E-state index >= 15 is 0 Å². The zero-order valence-corrected chi connectivity index (χ0v) is 10.4. The molecule has 1 heterocycles. The van der Waals surface area contributed by atoms with Crippen LogP contribution in [0.4, 0.5) is 4.39 Å². The van der Waals surface area contributed by atoms with E-state index in [9.17, 15) is 4.39 Å². The molecule has 2 nitrogen and oxygen atoms in total. The standard InChI is InChI=1S/C12H10ClFN2S/c13-9-4-3-8(6-10(9)14)7-16-5-1-2-11(16)12(15)17/h1-6H,7H2,(H2,15,17). The van der Waals surface area contributed by atoms with Crippen molar-refractivity contribution < 1.29 is 4.39 Å². The molecule has 2 N–H and O–H groups in total. The topological polar surface area (TPSA) is 30.9 Å². The fraction of sp³-hybridized carbons (Fsp3) is 0.0833. The number of benzene rings is 1. The van der Waals surface area contributed by atoms with E-state index in [1.807, 2.05) is 22.9 Å². The number of aromatic nitrogens is 1. The van der Waals surface area contributed by atoms with Crippen LogP contribution in [0.3, 0.4) is 0 Å². The highest BCUT2D eigenvalue weighted by Crippen LogP contribution is 2.17. The van der Waals surface area contributed by atoms with E-state index < -0.39 is 5.82 Å². The number of hydrogen-bond donors (Lipinski definition) is 1. The van der Waals surface area contributed by atoms with Crippen molar-refractivity contribution in [1.82, 2.24) is 4.57 Å². The molecule has 0 aliphatic carbocycles. The summed E-state index contributed by atoms with van der Waals surface area (Å²) in [5, 5.41) is 0.121. The molecular weight excluding hydrogens is 259 g/mol. The molecule has 88 valence electrons. The second-order valence-electron chi connectivity index (χ2n) is 3.63. The van der Waals surface area contributed by atoms with Gasteiger partial charge in [-0.15, -0.1) is 0 Å². The van der Waals surface area contributed by atoms with Crippen molar-refractivity contribution in [2.75, 3.05) is 0 Å². The molecular formula is C12H10ClFN2S. The van der Waals surface area contributed by atoms with E-state index in [-0.39, 0.29) is 5.02 Å². The highest BCUT2D eigenvalue weighted by molar-refractivity contribution is 7.80. The average Bonchev–Trinajstić information content (AvgIpc) is 2.72. The molecule has 0 spiro atoms. The van der Waals surface area contributed by atoms with E-state index in [2.05, 4.69) is 0 Å². The molecule has 2 rings (SSSR count). The Labute approximate surface area is 109 Å². The second kappa shape index (κ2) is 4.85. The third-order valence-corrected chi connectivity index (χ3v) is 2.93. The Balaban J connectivity index is 2.28. The van der Waals surface area contributed by atoms with Gasteiger partial charge in [0.1, 0.15) is 10.8 Å². The first-order valence-electron chi connectivity index (χ1n) is 4.97. The van der Waals surface area contributed by atoms with Crippen LogP contribution in [0, 0.1) is 5.82 Å². The summed E-state index contributed by atoms with van der Waals surface area (Å²) in [6.45, 7) is 0.508. The van der Waals surface area contributed by atoms with Gasteiger partial charge in [0.05, 0.1) is 10.7 Å². The normalized spacial score (nSPS) is 10.5. The lowest BCUT2D eigenvalue weighted by Gasteiger charge is -2.08. The molecule has 1 aromatic heterocycles. The van der Waals surface area contributed by atoms with Gasteiger partial charge in [-0.25, -0.2) is 4.39 Å².